The standard InChI is InChI=1S/C14H20N4S/c1-11-16-13(10-19-11)9-18-6-3-4-12(8-18)14-15-5-7-17(14)2/h5,7,10,12H,3-4,6,8-9H2,1-2H3/t12-/m1/s1. The van der Waals surface area contributed by atoms with E-state index >= 15 is 0 Å². The minimum absolute atomic E-state index is 0.563. The Balaban J connectivity index is 1.66. The third-order valence-corrected chi connectivity index (χ3v) is 4.60. The fourth-order valence-corrected chi connectivity index (χ4v) is 3.49. The Labute approximate surface area is 118 Å². The molecule has 0 aromatic carbocycles. The molecular formula is C14H20N4S. The molecule has 1 aliphatic heterocycles. The fraction of sp³-hybridized carbons (Fsp3) is 0.571. The minimum atomic E-state index is 0.563. The van der Waals surface area contributed by atoms with Crippen molar-refractivity contribution in [3.05, 3.63) is 34.3 Å². The fourth-order valence-electron chi connectivity index (χ4n) is 2.89. The largest absolute Gasteiger partial charge is 0.338 e. The molecule has 1 atom stereocenters. The van der Waals surface area contributed by atoms with E-state index in [1.807, 2.05) is 12.4 Å². The smallest absolute Gasteiger partial charge is 0.112 e. The molecule has 1 saturated heterocycles. The van der Waals surface area contributed by atoms with Crippen molar-refractivity contribution in [2.75, 3.05) is 13.1 Å². The van der Waals surface area contributed by atoms with E-state index in [1.165, 1.54) is 30.9 Å². The third-order valence-electron chi connectivity index (χ3n) is 3.78. The van der Waals surface area contributed by atoms with E-state index in [-0.39, 0.29) is 0 Å². The van der Waals surface area contributed by atoms with Crippen molar-refractivity contribution in [1.29, 1.82) is 0 Å². The molecule has 0 amide bonds. The first-order valence-corrected chi connectivity index (χ1v) is 7.71. The molecule has 102 valence electrons. The van der Waals surface area contributed by atoms with Crippen molar-refractivity contribution in [2.24, 2.45) is 7.05 Å². The number of imidazole rings is 1. The highest BCUT2D eigenvalue weighted by molar-refractivity contribution is 7.09. The molecule has 0 bridgehead atoms. The van der Waals surface area contributed by atoms with Crippen LogP contribution in [0.1, 0.15) is 35.3 Å². The van der Waals surface area contributed by atoms with Crippen LogP contribution in [0.2, 0.25) is 0 Å². The van der Waals surface area contributed by atoms with Crippen molar-refractivity contribution in [3.63, 3.8) is 0 Å². The number of nitrogens with zero attached hydrogens (tertiary/aromatic N) is 4. The zero-order valence-corrected chi connectivity index (χ0v) is 12.4. The lowest BCUT2D eigenvalue weighted by atomic mass is 9.97. The highest BCUT2D eigenvalue weighted by Crippen LogP contribution is 2.26. The number of aryl methyl sites for hydroxylation is 2. The first-order valence-electron chi connectivity index (χ1n) is 6.83. The minimum Gasteiger partial charge on any atom is -0.338 e. The Morgan fingerprint density at radius 3 is 3.05 bits per heavy atom. The van der Waals surface area contributed by atoms with Gasteiger partial charge in [-0.2, -0.15) is 0 Å². The normalized spacial score (nSPS) is 20.8. The van der Waals surface area contributed by atoms with Gasteiger partial charge >= 0.3 is 0 Å². The number of likely N-dealkylation sites (tertiary alicyclic amines) is 1. The highest BCUT2D eigenvalue weighted by Gasteiger charge is 2.24. The molecule has 0 unspecified atom stereocenters. The lowest BCUT2D eigenvalue weighted by molar-refractivity contribution is 0.193. The van der Waals surface area contributed by atoms with Crippen LogP contribution < -0.4 is 0 Å². The molecule has 0 spiro atoms. The van der Waals surface area contributed by atoms with Crippen LogP contribution in [0, 0.1) is 6.92 Å². The van der Waals surface area contributed by atoms with E-state index in [0.29, 0.717) is 5.92 Å². The van der Waals surface area contributed by atoms with Crippen LogP contribution in [0.3, 0.4) is 0 Å². The molecule has 0 aliphatic carbocycles. The Hall–Kier alpha value is -1.20. The van der Waals surface area contributed by atoms with Crippen LogP contribution in [0.4, 0.5) is 0 Å². The van der Waals surface area contributed by atoms with Crippen LogP contribution in [0.5, 0.6) is 0 Å². The lowest BCUT2D eigenvalue weighted by Gasteiger charge is -2.31. The number of aromatic nitrogens is 3. The number of hydrogen-bond donors (Lipinski definition) is 0. The topological polar surface area (TPSA) is 34.0 Å². The molecule has 5 heteroatoms. The first kappa shape index (κ1) is 12.8. The number of hydrogen-bond acceptors (Lipinski definition) is 4. The van der Waals surface area contributed by atoms with Gasteiger partial charge in [-0.25, -0.2) is 9.97 Å². The second-order valence-corrected chi connectivity index (χ2v) is 6.39. The highest BCUT2D eigenvalue weighted by atomic mass is 32.1. The van der Waals surface area contributed by atoms with Crippen LogP contribution in [-0.4, -0.2) is 32.5 Å². The van der Waals surface area contributed by atoms with Gasteiger partial charge in [0.25, 0.3) is 0 Å². The van der Waals surface area contributed by atoms with Crippen LogP contribution in [-0.2, 0) is 13.6 Å². The molecule has 2 aromatic heterocycles. The average Bonchev–Trinajstić information content (AvgIpc) is 2.99. The molecule has 1 fully saturated rings. The van der Waals surface area contributed by atoms with Gasteiger partial charge in [-0.15, -0.1) is 11.3 Å². The molecule has 3 rings (SSSR count). The number of thiazole rings is 1. The third kappa shape index (κ3) is 2.87. The number of piperidine rings is 1. The monoisotopic (exact) mass is 276 g/mol. The average molecular weight is 276 g/mol. The van der Waals surface area contributed by atoms with E-state index in [4.69, 9.17) is 0 Å². The Bertz CT molecular complexity index is 545. The maximum atomic E-state index is 4.57. The van der Waals surface area contributed by atoms with Gasteiger partial charge in [-0.05, 0) is 26.3 Å². The lowest BCUT2D eigenvalue weighted by Crippen LogP contribution is -2.34. The Morgan fingerprint density at radius 1 is 1.47 bits per heavy atom. The second-order valence-electron chi connectivity index (χ2n) is 5.33. The predicted molar refractivity (Wildman–Crippen MR) is 77.3 cm³/mol. The van der Waals surface area contributed by atoms with Gasteiger partial charge in [0.15, 0.2) is 0 Å². The second kappa shape index (κ2) is 5.43. The SMILES string of the molecule is Cc1nc(CN2CCC[C@@H](c3nccn3C)C2)cs1. The van der Waals surface area contributed by atoms with Crippen molar-refractivity contribution in [2.45, 2.75) is 32.2 Å². The van der Waals surface area contributed by atoms with E-state index in [0.717, 1.165) is 18.1 Å². The molecule has 0 N–H and O–H groups in total. The van der Waals surface area contributed by atoms with Crippen molar-refractivity contribution >= 4 is 11.3 Å². The molecule has 2 aromatic rings. The van der Waals surface area contributed by atoms with Crippen molar-refractivity contribution in [1.82, 2.24) is 19.4 Å². The van der Waals surface area contributed by atoms with E-state index in [2.05, 4.69) is 38.8 Å². The van der Waals surface area contributed by atoms with Gasteiger partial charge in [0.1, 0.15) is 5.82 Å². The summed E-state index contributed by atoms with van der Waals surface area (Å²) in [5.41, 5.74) is 1.21. The van der Waals surface area contributed by atoms with Crippen LogP contribution in [0.15, 0.2) is 17.8 Å². The number of rotatable bonds is 3. The molecule has 1 aliphatic rings. The quantitative estimate of drug-likeness (QED) is 0.864. The van der Waals surface area contributed by atoms with Gasteiger partial charge in [-0.1, -0.05) is 0 Å². The summed E-state index contributed by atoms with van der Waals surface area (Å²) in [6.07, 6.45) is 6.44. The van der Waals surface area contributed by atoms with E-state index in [1.54, 1.807) is 11.3 Å². The first-order chi connectivity index (χ1) is 9.22. The van der Waals surface area contributed by atoms with Gasteiger partial charge in [0.2, 0.25) is 0 Å². The zero-order chi connectivity index (χ0) is 13.2. The van der Waals surface area contributed by atoms with Crippen molar-refractivity contribution < 1.29 is 0 Å². The maximum Gasteiger partial charge on any atom is 0.112 e. The summed E-state index contributed by atoms with van der Waals surface area (Å²) in [5.74, 6) is 1.78. The summed E-state index contributed by atoms with van der Waals surface area (Å²) in [6.45, 7) is 5.32. The summed E-state index contributed by atoms with van der Waals surface area (Å²) in [4.78, 5) is 11.6. The molecule has 0 radical (unpaired) electrons. The molecule has 0 saturated carbocycles. The molecule has 3 heterocycles. The summed E-state index contributed by atoms with van der Waals surface area (Å²) in [7, 11) is 2.09. The summed E-state index contributed by atoms with van der Waals surface area (Å²) in [6, 6.07) is 0. The van der Waals surface area contributed by atoms with Crippen molar-refractivity contribution in [3.8, 4) is 0 Å². The van der Waals surface area contributed by atoms with Gasteiger partial charge in [0.05, 0.1) is 10.7 Å². The predicted octanol–water partition coefficient (Wildman–Crippen LogP) is 2.56. The van der Waals surface area contributed by atoms with E-state index in [9.17, 15) is 0 Å². The maximum absolute atomic E-state index is 4.57. The van der Waals surface area contributed by atoms with Gasteiger partial charge in [-0.3, -0.25) is 4.90 Å². The summed E-state index contributed by atoms with van der Waals surface area (Å²) in [5, 5.41) is 3.34. The summed E-state index contributed by atoms with van der Waals surface area (Å²) >= 11 is 1.74. The Kier molecular flexibility index (Phi) is 3.66. The summed E-state index contributed by atoms with van der Waals surface area (Å²) < 4.78 is 2.15. The van der Waals surface area contributed by atoms with E-state index < -0.39 is 0 Å². The zero-order valence-electron chi connectivity index (χ0n) is 11.5. The molecular weight excluding hydrogens is 256 g/mol. The van der Waals surface area contributed by atoms with Crippen LogP contribution in [0.25, 0.3) is 0 Å². The van der Waals surface area contributed by atoms with Gasteiger partial charge in [0, 0.05) is 43.8 Å². The molecule has 4 nitrogen and oxygen atoms in total. The Morgan fingerprint density at radius 2 is 2.37 bits per heavy atom. The molecule has 19 heavy (non-hydrogen) atoms. The van der Waals surface area contributed by atoms with Crippen LogP contribution >= 0.6 is 11.3 Å². The van der Waals surface area contributed by atoms with Gasteiger partial charge < -0.3 is 4.57 Å².